The molecule has 1 aromatic rings. The monoisotopic (exact) mass is 233 g/mol. The minimum atomic E-state index is 0. The molecule has 0 radical (unpaired) electrons. The number of carbonyl (C=O) groups is 1. The van der Waals surface area contributed by atoms with Crippen molar-refractivity contribution in [2.75, 3.05) is 13.1 Å². The first-order valence-electron chi connectivity index (χ1n) is 5.42. The summed E-state index contributed by atoms with van der Waals surface area (Å²) in [7, 11) is 5.66. The van der Waals surface area contributed by atoms with Gasteiger partial charge < -0.3 is 11.0 Å². The minimum absolute atomic E-state index is 0. The standard InChI is InChI=1S/C12H14BNO.2H2O/c13-11-6-4-5-10(9-11)12(15)14-7-2-1-3-8-14;;/h4-6,9H,1-3,7-8H2;2*1H2/q+2;;/p-2. The van der Waals surface area contributed by atoms with Gasteiger partial charge in [0.05, 0.1) is 0 Å². The van der Waals surface area contributed by atoms with Crippen molar-refractivity contribution < 1.29 is 15.7 Å². The average Bonchev–Trinajstić information content (AvgIpc) is 2.29. The maximum atomic E-state index is 12.0. The molecule has 1 aliphatic rings. The van der Waals surface area contributed by atoms with Gasteiger partial charge in [0, 0.05) is 0 Å². The summed E-state index contributed by atoms with van der Waals surface area (Å²) in [6.07, 6.45) is 3.48. The molecule has 17 heavy (non-hydrogen) atoms. The third kappa shape index (κ3) is 3.87. The SMILES string of the molecule is [B+2]c1cccc(C(=O)N2CCCCC2)c1.[OH-].[OH-]. The molecule has 1 amide bonds. The quantitative estimate of drug-likeness (QED) is 0.671. The second kappa shape index (κ2) is 7.09. The maximum absolute atomic E-state index is 12.0. The summed E-state index contributed by atoms with van der Waals surface area (Å²) in [5.74, 6) is 0.113. The van der Waals surface area contributed by atoms with Crippen LogP contribution >= 0.6 is 0 Å². The van der Waals surface area contributed by atoms with E-state index < -0.39 is 0 Å². The summed E-state index contributed by atoms with van der Waals surface area (Å²) >= 11 is 0. The van der Waals surface area contributed by atoms with Crippen LogP contribution in [-0.2, 0) is 0 Å². The topological polar surface area (TPSA) is 80.3 Å². The van der Waals surface area contributed by atoms with Gasteiger partial charge in [0.1, 0.15) is 0 Å². The average molecular weight is 233 g/mol. The molecule has 5 heteroatoms. The van der Waals surface area contributed by atoms with Crippen LogP contribution in [0.1, 0.15) is 29.6 Å². The molecule has 1 heterocycles. The fourth-order valence-electron chi connectivity index (χ4n) is 1.95. The van der Waals surface area contributed by atoms with Crippen molar-refractivity contribution in [1.82, 2.24) is 4.90 Å². The molecule has 0 aliphatic carbocycles. The Hall–Kier alpha value is -1.33. The molecule has 2 rings (SSSR count). The summed E-state index contributed by atoms with van der Waals surface area (Å²) in [5, 5.41) is 0. The van der Waals surface area contributed by atoms with Crippen LogP contribution in [-0.4, -0.2) is 42.7 Å². The van der Waals surface area contributed by atoms with E-state index in [1.54, 1.807) is 12.1 Å². The maximum Gasteiger partial charge on any atom is -0.870 e. The van der Waals surface area contributed by atoms with Gasteiger partial charge in [-0.15, -0.1) is 0 Å². The van der Waals surface area contributed by atoms with Crippen LogP contribution in [0.4, 0.5) is 0 Å². The molecule has 0 bridgehead atoms. The second-order valence-corrected chi connectivity index (χ2v) is 3.98. The fourth-order valence-corrected chi connectivity index (χ4v) is 1.95. The van der Waals surface area contributed by atoms with Crippen LogP contribution in [0.25, 0.3) is 0 Å². The number of likely N-dealkylation sites (tertiary alicyclic amines) is 1. The fraction of sp³-hybridized carbons (Fsp3) is 0.417. The van der Waals surface area contributed by atoms with Gasteiger partial charge in [0.2, 0.25) is 0 Å². The first-order chi connectivity index (χ1) is 7.27. The molecular formula is C12H16BNO3. The number of hydrogen-bond donors (Lipinski definition) is 0. The number of piperidine rings is 1. The van der Waals surface area contributed by atoms with E-state index >= 15 is 0 Å². The van der Waals surface area contributed by atoms with E-state index in [2.05, 4.69) is 0 Å². The third-order valence-electron chi connectivity index (χ3n) is 2.78. The number of carbonyl (C=O) groups excluding carboxylic acids is 1. The van der Waals surface area contributed by atoms with Gasteiger partial charge in [0.25, 0.3) is 0 Å². The van der Waals surface area contributed by atoms with Crippen LogP contribution in [0.5, 0.6) is 0 Å². The van der Waals surface area contributed by atoms with Gasteiger partial charge >= 0.3 is 91.1 Å². The van der Waals surface area contributed by atoms with Crippen molar-refractivity contribution in [3.05, 3.63) is 29.8 Å². The van der Waals surface area contributed by atoms with E-state index in [0.29, 0.717) is 11.0 Å². The van der Waals surface area contributed by atoms with Gasteiger partial charge in [-0.1, -0.05) is 0 Å². The van der Waals surface area contributed by atoms with Gasteiger partial charge in [-0.3, -0.25) is 0 Å². The summed E-state index contributed by atoms with van der Waals surface area (Å²) in [5.41, 5.74) is 1.36. The van der Waals surface area contributed by atoms with Crippen LogP contribution in [0.3, 0.4) is 0 Å². The van der Waals surface area contributed by atoms with Crippen molar-refractivity contribution in [2.24, 2.45) is 0 Å². The Morgan fingerprint density at radius 3 is 2.35 bits per heavy atom. The van der Waals surface area contributed by atoms with Crippen molar-refractivity contribution in [1.29, 1.82) is 0 Å². The summed E-state index contributed by atoms with van der Waals surface area (Å²) in [6.45, 7) is 1.77. The van der Waals surface area contributed by atoms with Crippen molar-refractivity contribution in [3.8, 4) is 0 Å². The molecule has 0 spiro atoms. The molecule has 0 saturated carbocycles. The van der Waals surface area contributed by atoms with Gasteiger partial charge in [0.15, 0.2) is 0 Å². The van der Waals surface area contributed by atoms with Crippen LogP contribution in [0.15, 0.2) is 24.3 Å². The van der Waals surface area contributed by atoms with E-state index in [9.17, 15) is 4.79 Å². The Labute approximate surface area is 103 Å². The summed E-state index contributed by atoms with van der Waals surface area (Å²) in [4.78, 5) is 13.9. The van der Waals surface area contributed by atoms with Crippen LogP contribution in [0, 0.1) is 0 Å². The Morgan fingerprint density at radius 2 is 1.76 bits per heavy atom. The number of benzene rings is 1. The van der Waals surface area contributed by atoms with E-state index in [1.807, 2.05) is 17.0 Å². The van der Waals surface area contributed by atoms with Crippen LogP contribution < -0.4 is 5.46 Å². The third-order valence-corrected chi connectivity index (χ3v) is 2.78. The van der Waals surface area contributed by atoms with E-state index in [4.69, 9.17) is 7.85 Å². The smallest absolute Gasteiger partial charge is 0.870 e. The number of hydrogen-bond acceptors (Lipinski definition) is 3. The largest absolute Gasteiger partial charge is 0.870 e. The molecule has 1 aromatic carbocycles. The summed E-state index contributed by atoms with van der Waals surface area (Å²) in [6, 6.07) is 7.20. The molecule has 0 unspecified atom stereocenters. The normalized spacial score (nSPS) is 14.6. The molecule has 1 saturated heterocycles. The Morgan fingerprint density at radius 1 is 1.12 bits per heavy atom. The van der Waals surface area contributed by atoms with Crippen molar-refractivity contribution >= 4 is 19.2 Å². The van der Waals surface area contributed by atoms with Crippen molar-refractivity contribution in [2.45, 2.75) is 19.3 Å². The minimum Gasteiger partial charge on any atom is -0.870 e. The zero-order valence-electron chi connectivity index (χ0n) is 9.67. The predicted molar refractivity (Wildman–Crippen MR) is 65.5 cm³/mol. The van der Waals surface area contributed by atoms with E-state index in [-0.39, 0.29) is 16.9 Å². The Balaban J connectivity index is 0.00000128. The van der Waals surface area contributed by atoms with E-state index in [1.165, 1.54) is 6.42 Å². The van der Waals surface area contributed by atoms with E-state index in [0.717, 1.165) is 25.9 Å². The Kier molecular flexibility index (Phi) is 6.54. The zero-order valence-corrected chi connectivity index (χ0v) is 9.67. The predicted octanol–water partition coefficient (Wildman–Crippen LogP) is 0.753. The number of nitrogens with zero attached hydrogens (tertiary/aromatic N) is 1. The first kappa shape index (κ1) is 15.7. The molecule has 2 N–H and O–H groups in total. The zero-order chi connectivity index (χ0) is 10.7. The molecule has 4 nitrogen and oxygen atoms in total. The van der Waals surface area contributed by atoms with Gasteiger partial charge in [-0.05, 0) is 0 Å². The van der Waals surface area contributed by atoms with Crippen molar-refractivity contribution in [3.63, 3.8) is 0 Å². The van der Waals surface area contributed by atoms with Gasteiger partial charge in [-0.2, -0.15) is 0 Å². The molecule has 1 aliphatic heterocycles. The summed E-state index contributed by atoms with van der Waals surface area (Å²) < 4.78 is 0. The number of rotatable bonds is 1. The van der Waals surface area contributed by atoms with Gasteiger partial charge in [-0.25, -0.2) is 0 Å². The molecule has 0 atom stereocenters. The molecule has 90 valence electrons. The van der Waals surface area contributed by atoms with Crippen LogP contribution in [0.2, 0.25) is 0 Å². The second-order valence-electron chi connectivity index (χ2n) is 3.98. The first-order valence-corrected chi connectivity index (χ1v) is 5.42. The molecule has 1 fully saturated rings. The molecule has 0 aromatic heterocycles. The number of amides is 1. The molecular weight excluding hydrogens is 217 g/mol. The Bertz CT molecular complexity index is 365.